The van der Waals surface area contributed by atoms with Gasteiger partial charge in [-0.3, -0.25) is 4.79 Å². The van der Waals surface area contributed by atoms with Crippen LogP contribution in [0.5, 0.6) is 11.5 Å². The molecule has 1 atom stereocenters. The molecule has 0 bridgehead atoms. The van der Waals surface area contributed by atoms with Gasteiger partial charge in [0.05, 0.1) is 10.6 Å². The van der Waals surface area contributed by atoms with E-state index < -0.39 is 41.3 Å². The minimum absolute atomic E-state index is 0.0935. The number of nitrogens with one attached hydrogen (secondary N) is 1. The Labute approximate surface area is 161 Å². The third kappa shape index (κ3) is 4.63. The van der Waals surface area contributed by atoms with Gasteiger partial charge in [0.1, 0.15) is 6.61 Å². The number of rotatable bonds is 4. The lowest BCUT2D eigenvalue weighted by molar-refractivity contribution is -0.156. The molecule has 1 aromatic carbocycles. The molecule has 2 heterocycles. The fraction of sp³-hybridized carbons (Fsp3) is 0.235. The van der Waals surface area contributed by atoms with Gasteiger partial charge >= 0.3 is 12.1 Å². The number of carbonyl (C=O) groups excluding carboxylic acids is 2. The zero-order chi connectivity index (χ0) is 20.3. The molecule has 1 amide bonds. The van der Waals surface area contributed by atoms with Crippen molar-refractivity contribution in [2.24, 2.45) is 0 Å². The zero-order valence-electron chi connectivity index (χ0n) is 14.0. The molecule has 2 aromatic rings. The zero-order valence-corrected chi connectivity index (χ0v) is 14.7. The highest BCUT2D eigenvalue weighted by Gasteiger charge is 2.32. The number of hydrogen-bond donors (Lipinski definition) is 1. The van der Waals surface area contributed by atoms with Crippen molar-refractivity contribution in [2.45, 2.75) is 12.3 Å². The molecule has 0 radical (unpaired) electrons. The first kappa shape index (κ1) is 19.7. The number of aromatic nitrogens is 1. The van der Waals surface area contributed by atoms with E-state index in [0.717, 1.165) is 0 Å². The van der Waals surface area contributed by atoms with Crippen LogP contribution in [-0.4, -0.2) is 36.2 Å². The molecule has 0 spiro atoms. The van der Waals surface area contributed by atoms with Crippen LogP contribution in [0.2, 0.25) is 5.02 Å². The first-order valence-corrected chi connectivity index (χ1v) is 8.19. The van der Waals surface area contributed by atoms with E-state index in [2.05, 4.69) is 10.3 Å². The van der Waals surface area contributed by atoms with Crippen LogP contribution in [-0.2, 0) is 20.5 Å². The number of para-hydroxylation sites is 2. The molecular weight excluding hydrogens is 405 g/mol. The van der Waals surface area contributed by atoms with Gasteiger partial charge < -0.3 is 19.5 Å². The Balaban J connectivity index is 1.53. The van der Waals surface area contributed by atoms with Gasteiger partial charge in [0.25, 0.3) is 5.91 Å². The molecule has 0 aliphatic carbocycles. The van der Waals surface area contributed by atoms with Gasteiger partial charge in [-0.15, -0.1) is 0 Å². The number of esters is 1. The number of pyridine rings is 1. The predicted molar refractivity (Wildman–Crippen MR) is 90.2 cm³/mol. The minimum Gasteiger partial charge on any atom is -0.485 e. The summed E-state index contributed by atoms with van der Waals surface area (Å²) in [5.41, 5.74) is -1.06. The minimum atomic E-state index is -4.62. The molecule has 1 aliphatic rings. The van der Waals surface area contributed by atoms with E-state index in [1.807, 2.05) is 0 Å². The van der Waals surface area contributed by atoms with Gasteiger partial charge in [0, 0.05) is 6.20 Å². The lowest BCUT2D eigenvalue weighted by Gasteiger charge is -2.24. The standard InChI is InChI=1S/C17H12ClF3N2O5/c18-10-5-9(17(19,20)21)6-22-15(10)23-14(24)8-27-16(25)13-7-26-11-3-1-2-4-12(11)28-13/h1-6,13H,7-8H2,(H,22,23,24)/t13-/m1/s1. The summed E-state index contributed by atoms with van der Waals surface area (Å²) < 4.78 is 53.4. The number of nitrogens with zero attached hydrogens (tertiary/aromatic N) is 1. The molecule has 0 saturated heterocycles. The molecule has 0 saturated carbocycles. The summed E-state index contributed by atoms with van der Waals surface area (Å²) in [6.07, 6.45) is -5.15. The Morgan fingerprint density at radius 2 is 2.00 bits per heavy atom. The number of fused-ring (bicyclic) bond motifs is 1. The van der Waals surface area contributed by atoms with Gasteiger partial charge in [0.2, 0.25) is 6.10 Å². The average molecular weight is 417 g/mol. The van der Waals surface area contributed by atoms with Crippen molar-refractivity contribution in [1.29, 1.82) is 0 Å². The van der Waals surface area contributed by atoms with Crippen LogP contribution in [0.15, 0.2) is 36.5 Å². The summed E-state index contributed by atoms with van der Waals surface area (Å²) >= 11 is 5.69. The Morgan fingerprint density at radius 3 is 2.68 bits per heavy atom. The van der Waals surface area contributed by atoms with Crippen LogP contribution in [0, 0.1) is 0 Å². The van der Waals surface area contributed by atoms with E-state index in [1.54, 1.807) is 24.3 Å². The topological polar surface area (TPSA) is 86.8 Å². The molecule has 11 heteroatoms. The lowest BCUT2D eigenvalue weighted by Crippen LogP contribution is -2.39. The van der Waals surface area contributed by atoms with Gasteiger partial charge in [-0.05, 0) is 18.2 Å². The second-order valence-corrected chi connectivity index (χ2v) is 5.98. The van der Waals surface area contributed by atoms with Crippen LogP contribution < -0.4 is 14.8 Å². The Kier molecular flexibility index (Phi) is 5.59. The summed E-state index contributed by atoms with van der Waals surface area (Å²) in [4.78, 5) is 27.3. The van der Waals surface area contributed by atoms with Gasteiger partial charge in [-0.2, -0.15) is 13.2 Å². The van der Waals surface area contributed by atoms with Crippen LogP contribution in [0.3, 0.4) is 0 Å². The molecule has 1 aromatic heterocycles. The van der Waals surface area contributed by atoms with Crippen molar-refractivity contribution in [3.05, 3.63) is 47.1 Å². The first-order chi connectivity index (χ1) is 13.2. The summed E-state index contributed by atoms with van der Waals surface area (Å²) in [6, 6.07) is 7.35. The quantitative estimate of drug-likeness (QED) is 0.771. The maximum absolute atomic E-state index is 12.6. The number of alkyl halides is 3. The number of hydrogen-bond acceptors (Lipinski definition) is 6. The second-order valence-electron chi connectivity index (χ2n) is 5.57. The highest BCUT2D eigenvalue weighted by atomic mass is 35.5. The van der Waals surface area contributed by atoms with Crippen LogP contribution in [0.4, 0.5) is 19.0 Å². The van der Waals surface area contributed by atoms with Gasteiger partial charge in [-0.1, -0.05) is 23.7 Å². The number of benzene rings is 1. The van der Waals surface area contributed by atoms with Crippen LogP contribution in [0.25, 0.3) is 0 Å². The predicted octanol–water partition coefficient (Wildman–Crippen LogP) is 3.08. The number of carbonyl (C=O) groups is 2. The highest BCUT2D eigenvalue weighted by Crippen LogP contribution is 2.32. The summed E-state index contributed by atoms with van der Waals surface area (Å²) in [5.74, 6) is -1.12. The van der Waals surface area contributed by atoms with Gasteiger partial charge in [-0.25, -0.2) is 9.78 Å². The van der Waals surface area contributed by atoms with Crippen LogP contribution in [0.1, 0.15) is 5.56 Å². The molecule has 148 valence electrons. The molecule has 28 heavy (non-hydrogen) atoms. The van der Waals surface area contributed by atoms with Crippen molar-refractivity contribution in [1.82, 2.24) is 4.98 Å². The third-order valence-electron chi connectivity index (χ3n) is 3.54. The van der Waals surface area contributed by atoms with Crippen molar-refractivity contribution in [3.8, 4) is 11.5 Å². The monoisotopic (exact) mass is 416 g/mol. The summed E-state index contributed by atoms with van der Waals surface area (Å²) in [6.45, 7) is -0.802. The largest absolute Gasteiger partial charge is 0.485 e. The first-order valence-electron chi connectivity index (χ1n) is 7.82. The molecule has 7 nitrogen and oxygen atoms in total. The SMILES string of the molecule is O=C(COC(=O)[C@H]1COc2ccccc2O1)Nc1ncc(C(F)(F)F)cc1Cl. The molecule has 3 rings (SSSR count). The van der Waals surface area contributed by atoms with Gasteiger partial charge in [0.15, 0.2) is 23.9 Å². The van der Waals surface area contributed by atoms with Crippen LogP contribution >= 0.6 is 11.6 Å². The molecule has 0 unspecified atom stereocenters. The van der Waals surface area contributed by atoms with E-state index in [4.69, 9.17) is 25.8 Å². The fourth-order valence-corrected chi connectivity index (χ4v) is 2.43. The maximum Gasteiger partial charge on any atom is 0.417 e. The second kappa shape index (κ2) is 7.93. The maximum atomic E-state index is 12.6. The van der Waals surface area contributed by atoms with Crippen molar-refractivity contribution < 1.29 is 37.0 Å². The Bertz CT molecular complexity index is 907. The van der Waals surface area contributed by atoms with Crippen molar-refractivity contribution in [3.63, 3.8) is 0 Å². The molecule has 0 fully saturated rings. The number of ether oxygens (including phenoxy) is 3. The molecular formula is C17H12ClF3N2O5. The number of anilines is 1. The Hall–Kier alpha value is -3.01. The fourth-order valence-electron chi connectivity index (χ4n) is 2.22. The third-order valence-corrected chi connectivity index (χ3v) is 3.83. The smallest absolute Gasteiger partial charge is 0.417 e. The van der Waals surface area contributed by atoms with Crippen molar-refractivity contribution in [2.75, 3.05) is 18.5 Å². The van der Waals surface area contributed by atoms with E-state index in [9.17, 15) is 22.8 Å². The normalized spacial score (nSPS) is 15.6. The Morgan fingerprint density at radius 1 is 1.29 bits per heavy atom. The molecule has 1 N–H and O–H groups in total. The highest BCUT2D eigenvalue weighted by molar-refractivity contribution is 6.33. The number of amides is 1. The van der Waals surface area contributed by atoms with E-state index in [-0.39, 0.29) is 12.4 Å². The summed E-state index contributed by atoms with van der Waals surface area (Å²) in [7, 11) is 0. The average Bonchev–Trinajstić information content (AvgIpc) is 2.66. The van der Waals surface area contributed by atoms with E-state index in [1.165, 1.54) is 0 Å². The van der Waals surface area contributed by atoms with E-state index in [0.29, 0.717) is 23.8 Å². The summed E-state index contributed by atoms with van der Waals surface area (Å²) in [5, 5.41) is 1.76. The molecule has 1 aliphatic heterocycles. The number of halogens is 4. The van der Waals surface area contributed by atoms with Crippen molar-refractivity contribution >= 4 is 29.3 Å². The lowest BCUT2D eigenvalue weighted by atomic mass is 10.2. The van der Waals surface area contributed by atoms with E-state index >= 15 is 0 Å².